The largest absolute Gasteiger partial charge is 0.514 e. The van der Waals surface area contributed by atoms with E-state index in [1.165, 1.54) is 72.8 Å². The molecule has 2 N–H and O–H groups in total. The topological polar surface area (TPSA) is 329 Å². The first-order valence-corrected chi connectivity index (χ1v) is 31.1. The fourth-order valence-electron chi connectivity index (χ4n) is 9.08. The van der Waals surface area contributed by atoms with Crippen LogP contribution in [0.5, 0.6) is 5.75 Å². The molecule has 0 saturated heterocycles. The van der Waals surface area contributed by atoms with Crippen molar-refractivity contribution in [2.24, 2.45) is 5.14 Å². The van der Waals surface area contributed by atoms with Crippen LogP contribution in [-0.4, -0.2) is 80.1 Å². The summed E-state index contributed by atoms with van der Waals surface area (Å²) in [4.78, 5) is 62.2. The van der Waals surface area contributed by atoms with Gasteiger partial charge in [0.25, 0.3) is 11.4 Å². The first kappa shape index (κ1) is 66.5. The average molecular weight is 1250 g/mol. The minimum Gasteiger partial charge on any atom is -0.457 e. The fourth-order valence-corrected chi connectivity index (χ4v) is 10.7. The van der Waals surface area contributed by atoms with Gasteiger partial charge in [-0.1, -0.05) is 120 Å². The quantitative estimate of drug-likeness (QED) is 0.0264. The average Bonchev–Trinajstić information content (AvgIpc) is 1.79. The van der Waals surface area contributed by atoms with Crippen LogP contribution in [0.3, 0.4) is 0 Å². The number of allylic oxidation sites excluding steroid dienone is 2. The zero-order valence-electron chi connectivity index (χ0n) is 49.6. The van der Waals surface area contributed by atoms with Crippen molar-refractivity contribution < 1.29 is 70.5 Å². The number of sulfone groups is 1. The summed E-state index contributed by atoms with van der Waals surface area (Å²) in [6.07, 6.45) is 15.4. The van der Waals surface area contributed by atoms with E-state index in [0.29, 0.717) is 17.2 Å². The highest BCUT2D eigenvalue weighted by Crippen LogP contribution is 2.36. The van der Waals surface area contributed by atoms with Gasteiger partial charge in [-0.15, -0.1) is 0 Å². The summed E-state index contributed by atoms with van der Waals surface area (Å²) in [5.41, 5.74) is 6.53. The molecule has 0 saturated carbocycles. The lowest BCUT2D eigenvalue weighted by Gasteiger charge is -2.16. The number of sulfonamides is 1. The molecule has 2 unspecified atom stereocenters. The number of aldehydes is 1. The number of rotatable bonds is 14. The lowest BCUT2D eigenvalue weighted by atomic mass is 10.00. The van der Waals surface area contributed by atoms with Gasteiger partial charge in [0.05, 0.1) is 30.8 Å². The number of nitro groups is 2. The van der Waals surface area contributed by atoms with Gasteiger partial charge in [-0.2, -0.15) is 0 Å². The molecule has 22 nitrogen and oxygen atoms in total. The Bertz CT molecular complexity index is 3940. The number of hydrogen-bond acceptors (Lipinski definition) is 19. The maximum absolute atomic E-state index is 12.8. The number of carbonyl (C=O) groups is 4. The molecule has 2 aliphatic carbocycles. The van der Waals surface area contributed by atoms with Gasteiger partial charge in [-0.3, -0.25) is 29.8 Å². The Morgan fingerprint density at radius 2 is 1.03 bits per heavy atom. The fraction of sp³-hybridized carbons (Fsp3) is 0.231. The molecule has 0 fully saturated rings. The van der Waals surface area contributed by atoms with Crippen LogP contribution in [0.15, 0.2) is 201 Å². The molecule has 24 heteroatoms. The molecule has 2 aliphatic rings. The molecule has 8 aromatic rings. The number of carbonyl (C=O) groups excluding carboxylic acids is 4. The lowest BCUT2D eigenvalue weighted by Crippen LogP contribution is -2.24. The minimum absolute atomic E-state index is 0.0568. The number of ether oxygens (including phenoxy) is 3. The standard InChI is InChI=1S/C26H27NO5S.C16H14N2O3S.C15H17NO5.C7H5NO3.CH2O/c1-19-25(26(27-32-19)21-10-6-5-7-11-21)20-14-16-23(17-15-20)33(29,30)18-24(28)31-22-12-8-3-2-4-9-13-22;1-11-15(12-7-9-14(10-8-12)22(17,19)20)16(18-21-11)13-5-3-2-4-6-13;17-15(20-13-6-4-2-1-3-5-7-13)21-14-10-8-12(9-11-14)16(18)19;9-5-6-1-3-7(4-2-6)8(10)11;1-2/h5-8,10-12,14-17,22H,2-4,9,13,18H2,1H3;2-10H,1H3,(H2,17,19,20);4,6,8-11,13H,1-3,5,7H2;1-5H;1H2/b12-8+;;6-4+;;/i;;;5T;. The third-order valence-corrected chi connectivity index (χ3v) is 16.0. The SMILES string of the molecule is C=O.Cc1onc(-c2ccccc2)c1-c1ccc(S(=O)(=O)CC(=O)OC2/C=C/CCCCC2)cc1.Cc1onc(-c2ccccc2)c1-c1ccc(S(N)(=O)=O)cc1.O=C(Oc1ccc([N+](=O)[O-])cc1)OC1/C=C/CCCCC1.[3H]C(=O)c1ccc([N+](=O)[O-])cc1. The monoisotopic (exact) mass is 1250 g/mol. The highest BCUT2D eigenvalue weighted by molar-refractivity contribution is 7.92. The van der Waals surface area contributed by atoms with Gasteiger partial charge >= 0.3 is 12.1 Å². The Kier molecular flexibility index (Phi) is 25.2. The maximum atomic E-state index is 12.8. The number of aromatic nitrogens is 2. The number of aryl methyl sites for hydroxylation is 2. The van der Waals surface area contributed by atoms with Crippen molar-refractivity contribution >= 4 is 56.4 Å². The molecule has 2 aromatic heterocycles. The van der Waals surface area contributed by atoms with Crippen LogP contribution >= 0.6 is 0 Å². The van der Waals surface area contributed by atoms with E-state index in [2.05, 4.69) is 10.3 Å². The first-order valence-electron chi connectivity index (χ1n) is 28.4. The maximum Gasteiger partial charge on any atom is 0.514 e. The molecule has 2 atom stereocenters. The highest BCUT2D eigenvalue weighted by Gasteiger charge is 2.25. The predicted octanol–water partition coefficient (Wildman–Crippen LogP) is 13.7. The lowest BCUT2D eigenvalue weighted by molar-refractivity contribution is -0.385. The summed E-state index contributed by atoms with van der Waals surface area (Å²) in [5.74, 6) is 0.122. The van der Waals surface area contributed by atoms with Crippen LogP contribution in [0.1, 0.15) is 87.5 Å². The Balaban J connectivity index is 0.000000199. The number of nitrogens with two attached hydrogens (primary N) is 1. The number of esters is 1. The molecule has 0 aliphatic heterocycles. The van der Waals surface area contributed by atoms with Gasteiger partial charge in [0.2, 0.25) is 10.0 Å². The van der Waals surface area contributed by atoms with Gasteiger partial charge in [-0.25, -0.2) is 26.8 Å². The molecule has 464 valence electrons. The summed E-state index contributed by atoms with van der Waals surface area (Å²) in [5, 5.41) is 34.1. The smallest absolute Gasteiger partial charge is 0.457 e. The number of nitrogens with zero attached hydrogens (tertiary/aromatic N) is 4. The molecule has 2 heterocycles. The Morgan fingerprint density at radius 1 is 0.607 bits per heavy atom. The van der Waals surface area contributed by atoms with E-state index in [0.717, 1.165) is 103 Å². The van der Waals surface area contributed by atoms with Crippen molar-refractivity contribution in [1.82, 2.24) is 10.3 Å². The Morgan fingerprint density at radius 3 is 1.46 bits per heavy atom. The zero-order valence-corrected chi connectivity index (χ0v) is 50.2. The van der Waals surface area contributed by atoms with Gasteiger partial charge < -0.3 is 28.1 Å². The van der Waals surface area contributed by atoms with Crippen LogP contribution in [0.25, 0.3) is 44.8 Å². The van der Waals surface area contributed by atoms with E-state index in [1.807, 2.05) is 106 Å². The summed E-state index contributed by atoms with van der Waals surface area (Å²) in [6, 6.07) is 42.3. The molecule has 0 spiro atoms. The van der Waals surface area contributed by atoms with Gasteiger partial charge in [0, 0.05) is 41.0 Å². The second-order valence-corrected chi connectivity index (χ2v) is 23.4. The van der Waals surface area contributed by atoms with Crippen LogP contribution in [0.2, 0.25) is 0 Å². The van der Waals surface area contributed by atoms with Crippen LogP contribution < -0.4 is 9.88 Å². The van der Waals surface area contributed by atoms with E-state index in [4.69, 9.17) is 34.6 Å². The normalized spacial score (nSPS) is 15.4. The molecule has 0 bridgehead atoms. The van der Waals surface area contributed by atoms with E-state index >= 15 is 0 Å². The molecule has 0 radical (unpaired) electrons. The second-order valence-electron chi connectivity index (χ2n) is 19.8. The van der Waals surface area contributed by atoms with Crippen molar-refractivity contribution in [3.05, 3.63) is 219 Å². The summed E-state index contributed by atoms with van der Waals surface area (Å²) in [6.45, 7) is 5.64. The number of non-ortho nitro benzene ring substituents is 2. The van der Waals surface area contributed by atoms with E-state index in [1.54, 1.807) is 24.3 Å². The Labute approximate surface area is 515 Å². The highest BCUT2D eigenvalue weighted by atomic mass is 32.2. The number of hydrogen-bond donors (Lipinski definition) is 1. The molecule has 10 rings (SSSR count). The summed E-state index contributed by atoms with van der Waals surface area (Å²) in [7, 11) is -7.52. The van der Waals surface area contributed by atoms with Crippen molar-refractivity contribution in [2.45, 2.75) is 100 Å². The molecular formula is C65H65N5O17S2. The number of benzene rings is 6. The molecular weight excluding hydrogens is 1190 g/mol. The van der Waals surface area contributed by atoms with Gasteiger partial charge in [0.15, 0.2) is 15.6 Å². The van der Waals surface area contributed by atoms with Crippen LogP contribution in [0, 0.1) is 34.1 Å². The van der Waals surface area contributed by atoms with Gasteiger partial charge in [0.1, 0.15) is 55.3 Å². The Hall–Kier alpha value is -10.0. The third-order valence-electron chi connectivity index (χ3n) is 13.5. The second kappa shape index (κ2) is 33.8. The first-order chi connectivity index (χ1) is 43.2. The van der Waals surface area contributed by atoms with Crippen molar-refractivity contribution in [3.8, 4) is 50.5 Å². The molecule has 6 aromatic carbocycles. The number of primary sulfonamides is 1. The number of nitro benzene ring substituents is 2. The molecule has 0 amide bonds. The van der Waals surface area contributed by atoms with Crippen molar-refractivity contribution in [3.63, 3.8) is 0 Å². The zero-order chi connectivity index (χ0) is 65.2. The van der Waals surface area contributed by atoms with Gasteiger partial charge in [-0.05, 0) is 137 Å². The van der Waals surface area contributed by atoms with Crippen molar-refractivity contribution in [2.75, 3.05) is 5.75 Å². The van der Waals surface area contributed by atoms with Crippen molar-refractivity contribution in [1.29, 1.82) is 0 Å². The minimum atomic E-state index is -3.82. The predicted molar refractivity (Wildman–Crippen MR) is 332 cm³/mol. The van der Waals surface area contributed by atoms with Crippen LogP contribution in [-0.2, 0) is 38.9 Å². The molecule has 89 heavy (non-hydrogen) atoms. The van der Waals surface area contributed by atoms with Crippen LogP contribution in [0.4, 0.5) is 16.2 Å². The summed E-state index contributed by atoms with van der Waals surface area (Å²) < 4.78 is 81.3. The third kappa shape index (κ3) is 20.8. The van der Waals surface area contributed by atoms with E-state index in [9.17, 15) is 51.4 Å². The summed E-state index contributed by atoms with van der Waals surface area (Å²) >= 11 is 0. The van der Waals surface area contributed by atoms with E-state index in [-0.39, 0.29) is 44.7 Å². The van der Waals surface area contributed by atoms with E-state index < -0.39 is 53.8 Å².